The van der Waals surface area contributed by atoms with Crippen molar-refractivity contribution in [3.63, 3.8) is 0 Å². The third kappa shape index (κ3) is 1.98. The van der Waals surface area contributed by atoms with Gasteiger partial charge in [0.2, 0.25) is 0 Å². The first-order valence-electron chi connectivity index (χ1n) is 2.70. The summed E-state index contributed by atoms with van der Waals surface area (Å²) in [7, 11) is 0. The summed E-state index contributed by atoms with van der Waals surface area (Å²) < 4.78 is 12.9. The van der Waals surface area contributed by atoms with Crippen LogP contribution in [-0.4, -0.2) is 11.2 Å². The minimum absolute atomic E-state index is 0.179. The molecule has 0 saturated heterocycles. The minimum Gasteiger partial charge on any atom is -0.221 e. The predicted molar refractivity (Wildman–Crippen MR) is 46.0 cm³/mol. The molecular weight excluding hydrogens is 208 g/mol. The van der Waals surface area contributed by atoms with Crippen LogP contribution in [0.25, 0.3) is 0 Å². The summed E-state index contributed by atoms with van der Waals surface area (Å²) >= 11 is 12.2. The van der Waals surface area contributed by atoms with E-state index >= 15 is 0 Å². The molecule has 60 valence electrons. The van der Waals surface area contributed by atoms with Crippen LogP contribution in [0.3, 0.4) is 0 Å². The highest BCUT2D eigenvalue weighted by molar-refractivity contribution is 7.98. The maximum atomic E-state index is 12.9. The van der Waals surface area contributed by atoms with Crippen LogP contribution < -0.4 is 0 Å². The molecule has 0 amide bonds. The first-order valence-corrected chi connectivity index (χ1v) is 4.68. The molecule has 0 aliphatic heterocycles. The molecule has 0 unspecified atom stereocenters. The van der Waals surface area contributed by atoms with Crippen molar-refractivity contribution in [1.82, 2.24) is 4.98 Å². The van der Waals surface area contributed by atoms with Crippen LogP contribution in [0, 0.1) is 5.82 Å². The van der Waals surface area contributed by atoms with Crippen molar-refractivity contribution < 1.29 is 4.39 Å². The second-order valence-corrected chi connectivity index (χ2v) is 3.35. The Morgan fingerprint density at radius 3 is 2.73 bits per heavy atom. The van der Waals surface area contributed by atoms with Crippen molar-refractivity contribution in [3.8, 4) is 0 Å². The van der Waals surface area contributed by atoms with Gasteiger partial charge in [-0.25, -0.2) is 9.37 Å². The average molecular weight is 212 g/mol. The van der Waals surface area contributed by atoms with E-state index in [1.807, 2.05) is 0 Å². The molecule has 0 bridgehead atoms. The number of halogens is 3. The number of thioether (sulfide) groups is 1. The zero-order valence-corrected chi connectivity index (χ0v) is 7.90. The van der Waals surface area contributed by atoms with Crippen molar-refractivity contribution in [2.45, 2.75) is 4.90 Å². The fourth-order valence-corrected chi connectivity index (χ4v) is 1.65. The monoisotopic (exact) mass is 211 g/mol. The van der Waals surface area contributed by atoms with Gasteiger partial charge in [-0.2, -0.15) is 0 Å². The smallest absolute Gasteiger partial charge is 0.174 e. The van der Waals surface area contributed by atoms with Gasteiger partial charge in [-0.3, -0.25) is 0 Å². The van der Waals surface area contributed by atoms with Gasteiger partial charge in [0.05, 0.1) is 0 Å². The van der Waals surface area contributed by atoms with Crippen LogP contribution in [0.2, 0.25) is 10.3 Å². The second-order valence-electron chi connectivity index (χ2n) is 1.75. The molecule has 1 aromatic heterocycles. The van der Waals surface area contributed by atoms with E-state index in [1.54, 1.807) is 6.26 Å². The van der Waals surface area contributed by atoms with Crippen LogP contribution in [0.5, 0.6) is 0 Å². The molecule has 1 rings (SSSR count). The molecule has 5 heteroatoms. The van der Waals surface area contributed by atoms with Crippen LogP contribution in [0.1, 0.15) is 0 Å². The fourth-order valence-electron chi connectivity index (χ4n) is 0.597. The Hall–Kier alpha value is 0.01000. The van der Waals surface area contributed by atoms with Gasteiger partial charge >= 0.3 is 0 Å². The second kappa shape index (κ2) is 3.61. The summed E-state index contributed by atoms with van der Waals surface area (Å²) in [6.07, 6.45) is 1.74. The van der Waals surface area contributed by atoms with Crippen LogP contribution in [0.4, 0.5) is 4.39 Å². The van der Waals surface area contributed by atoms with E-state index in [0.717, 1.165) is 0 Å². The first-order chi connectivity index (χ1) is 5.15. The molecule has 0 aromatic carbocycles. The highest BCUT2D eigenvalue weighted by Crippen LogP contribution is 2.26. The molecule has 1 aromatic rings. The van der Waals surface area contributed by atoms with Crippen molar-refractivity contribution in [2.75, 3.05) is 6.26 Å². The van der Waals surface area contributed by atoms with Crippen LogP contribution in [-0.2, 0) is 0 Å². The maximum Gasteiger partial charge on any atom is 0.174 e. The number of pyridine rings is 1. The van der Waals surface area contributed by atoms with Crippen molar-refractivity contribution in [2.24, 2.45) is 0 Å². The molecule has 0 N–H and O–H groups in total. The topological polar surface area (TPSA) is 12.9 Å². The zero-order valence-electron chi connectivity index (χ0n) is 5.57. The number of rotatable bonds is 1. The lowest BCUT2D eigenvalue weighted by atomic mass is 10.5. The zero-order chi connectivity index (χ0) is 8.43. The minimum atomic E-state index is -0.511. The van der Waals surface area contributed by atoms with E-state index in [4.69, 9.17) is 23.2 Å². The van der Waals surface area contributed by atoms with Gasteiger partial charge in [0.15, 0.2) is 11.0 Å². The summed E-state index contributed by atoms with van der Waals surface area (Å²) in [5, 5.41) is 0.0302. The maximum absolute atomic E-state index is 12.9. The van der Waals surface area contributed by atoms with Gasteiger partial charge in [0.25, 0.3) is 0 Å². The van der Waals surface area contributed by atoms with Gasteiger partial charge in [-0.05, 0) is 12.3 Å². The normalized spacial score (nSPS) is 10.2. The fraction of sp³-hybridized carbons (Fsp3) is 0.167. The molecule has 0 radical (unpaired) electrons. The SMILES string of the molecule is CSc1cc(Cl)nc(Cl)c1F. The van der Waals surface area contributed by atoms with Crippen molar-refractivity contribution in [1.29, 1.82) is 0 Å². The van der Waals surface area contributed by atoms with E-state index < -0.39 is 5.82 Å². The summed E-state index contributed by atoms with van der Waals surface area (Å²) in [5.41, 5.74) is 0. The van der Waals surface area contributed by atoms with E-state index in [1.165, 1.54) is 17.8 Å². The molecule has 1 nitrogen and oxygen atoms in total. The van der Waals surface area contributed by atoms with E-state index in [-0.39, 0.29) is 10.3 Å². The number of hydrogen-bond acceptors (Lipinski definition) is 2. The Labute approximate surface area is 77.9 Å². The largest absolute Gasteiger partial charge is 0.221 e. The lowest BCUT2D eigenvalue weighted by molar-refractivity contribution is 0.596. The Bertz CT molecular complexity index is 280. The molecule has 11 heavy (non-hydrogen) atoms. The van der Waals surface area contributed by atoms with Gasteiger partial charge in [-0.1, -0.05) is 23.2 Å². The van der Waals surface area contributed by atoms with Crippen molar-refractivity contribution in [3.05, 3.63) is 22.2 Å². The van der Waals surface area contributed by atoms with Gasteiger partial charge in [0.1, 0.15) is 5.15 Å². The number of nitrogens with zero attached hydrogens (tertiary/aromatic N) is 1. The summed E-state index contributed by atoms with van der Waals surface area (Å²) in [5.74, 6) is -0.511. The average Bonchev–Trinajstić information content (AvgIpc) is 1.96. The first kappa shape index (κ1) is 9.10. The lowest BCUT2D eigenvalue weighted by Crippen LogP contribution is -1.86. The third-order valence-corrected chi connectivity index (χ3v) is 2.25. The van der Waals surface area contributed by atoms with Gasteiger partial charge < -0.3 is 0 Å². The third-order valence-electron chi connectivity index (χ3n) is 1.07. The van der Waals surface area contributed by atoms with Crippen LogP contribution >= 0.6 is 35.0 Å². The molecule has 0 fully saturated rings. The quantitative estimate of drug-likeness (QED) is 0.523. The van der Waals surface area contributed by atoms with E-state index in [0.29, 0.717) is 4.90 Å². The van der Waals surface area contributed by atoms with Crippen molar-refractivity contribution >= 4 is 35.0 Å². The standard InChI is InChI=1S/C6H4Cl2FNS/c1-11-3-2-4(7)10-6(8)5(3)9/h2H,1H3. The highest BCUT2D eigenvalue weighted by atomic mass is 35.5. The molecule has 0 atom stereocenters. The molecule has 0 aliphatic carbocycles. The molecule has 0 spiro atoms. The Balaban J connectivity index is 3.24. The Morgan fingerprint density at radius 1 is 1.55 bits per heavy atom. The highest BCUT2D eigenvalue weighted by Gasteiger charge is 2.08. The Kier molecular flexibility index (Phi) is 2.98. The van der Waals surface area contributed by atoms with Crippen LogP contribution in [0.15, 0.2) is 11.0 Å². The lowest BCUT2D eigenvalue weighted by Gasteiger charge is -1.99. The van der Waals surface area contributed by atoms with E-state index in [2.05, 4.69) is 4.98 Å². The predicted octanol–water partition coefficient (Wildman–Crippen LogP) is 3.25. The molecule has 1 heterocycles. The summed E-state index contributed by atoms with van der Waals surface area (Å²) in [6.45, 7) is 0. The van der Waals surface area contributed by atoms with Gasteiger partial charge in [0, 0.05) is 4.90 Å². The summed E-state index contributed by atoms with van der Waals surface area (Å²) in [6, 6.07) is 1.44. The number of aromatic nitrogens is 1. The van der Waals surface area contributed by atoms with E-state index in [9.17, 15) is 4.39 Å². The Morgan fingerprint density at radius 2 is 2.18 bits per heavy atom. The number of hydrogen-bond donors (Lipinski definition) is 0. The molecular formula is C6H4Cl2FNS. The molecule has 0 aliphatic rings. The summed E-state index contributed by atoms with van der Waals surface area (Å²) in [4.78, 5) is 3.94. The van der Waals surface area contributed by atoms with Gasteiger partial charge in [-0.15, -0.1) is 11.8 Å². The molecule has 0 saturated carbocycles.